The number of benzene rings is 2. The van der Waals surface area contributed by atoms with Gasteiger partial charge >= 0.3 is 0 Å². The highest BCUT2D eigenvalue weighted by atomic mass is 32.1. The summed E-state index contributed by atoms with van der Waals surface area (Å²) in [6.45, 7) is 0.508. The van der Waals surface area contributed by atoms with Crippen LogP contribution in [0.25, 0.3) is 16.9 Å². The molecule has 4 rings (SSSR count). The Morgan fingerprint density at radius 3 is 2.47 bits per heavy atom. The van der Waals surface area contributed by atoms with Crippen LogP contribution >= 0.6 is 11.3 Å². The number of aromatic nitrogens is 2. The summed E-state index contributed by atoms with van der Waals surface area (Å²) in [6.07, 6.45) is 2.02. The molecule has 6 nitrogen and oxygen atoms in total. The van der Waals surface area contributed by atoms with E-state index in [1.807, 2.05) is 41.9 Å². The molecule has 0 spiro atoms. The number of para-hydroxylation sites is 1. The Hall–Kier alpha value is -3.78. The first kappa shape index (κ1) is 21.5. The highest BCUT2D eigenvalue weighted by molar-refractivity contribution is 7.12. The third-order valence-corrected chi connectivity index (χ3v) is 5.66. The standard InChI is InChI=1S/C24H21FN4O2S/c25-19-10-8-17(9-11-19)23-18(16-29(28-23)20-5-2-1-3-6-20)15-27-22(30)12-13-26-24(31)21-7-4-14-32-21/h1-11,14,16H,12-13,15H2,(H,26,31)(H,27,30). The zero-order chi connectivity index (χ0) is 22.3. The van der Waals surface area contributed by atoms with E-state index in [0.29, 0.717) is 10.6 Å². The molecule has 0 saturated carbocycles. The van der Waals surface area contributed by atoms with Gasteiger partial charge < -0.3 is 10.6 Å². The van der Waals surface area contributed by atoms with E-state index in [0.717, 1.165) is 16.8 Å². The summed E-state index contributed by atoms with van der Waals surface area (Å²) in [7, 11) is 0. The normalized spacial score (nSPS) is 10.7. The molecule has 2 amide bonds. The fraction of sp³-hybridized carbons (Fsp3) is 0.125. The smallest absolute Gasteiger partial charge is 0.261 e. The molecule has 0 atom stereocenters. The first-order valence-corrected chi connectivity index (χ1v) is 11.0. The predicted octanol–water partition coefficient (Wildman–Crippen LogP) is 4.18. The number of nitrogens with one attached hydrogen (secondary N) is 2. The summed E-state index contributed by atoms with van der Waals surface area (Å²) in [5.41, 5.74) is 3.11. The van der Waals surface area contributed by atoms with Gasteiger partial charge in [-0.05, 0) is 47.8 Å². The van der Waals surface area contributed by atoms with Crippen molar-refractivity contribution in [1.82, 2.24) is 20.4 Å². The van der Waals surface area contributed by atoms with Gasteiger partial charge in [0.25, 0.3) is 5.91 Å². The first-order valence-electron chi connectivity index (χ1n) is 10.1. The minimum Gasteiger partial charge on any atom is -0.352 e. The Morgan fingerprint density at radius 1 is 0.969 bits per heavy atom. The lowest BCUT2D eigenvalue weighted by atomic mass is 10.1. The zero-order valence-corrected chi connectivity index (χ0v) is 17.9. The van der Waals surface area contributed by atoms with Crippen LogP contribution in [0.3, 0.4) is 0 Å². The molecule has 0 radical (unpaired) electrons. The zero-order valence-electron chi connectivity index (χ0n) is 17.1. The molecule has 4 aromatic rings. The van der Waals surface area contributed by atoms with Crippen LogP contribution in [0.2, 0.25) is 0 Å². The molecule has 32 heavy (non-hydrogen) atoms. The maximum Gasteiger partial charge on any atom is 0.261 e. The molecule has 8 heteroatoms. The van der Waals surface area contributed by atoms with Crippen molar-refractivity contribution in [2.45, 2.75) is 13.0 Å². The third-order valence-electron chi connectivity index (χ3n) is 4.79. The molecule has 2 aromatic carbocycles. The number of rotatable bonds is 8. The van der Waals surface area contributed by atoms with Crippen LogP contribution in [0.5, 0.6) is 0 Å². The molecule has 0 fully saturated rings. The van der Waals surface area contributed by atoms with Crippen molar-refractivity contribution in [3.63, 3.8) is 0 Å². The third kappa shape index (κ3) is 5.28. The summed E-state index contributed by atoms with van der Waals surface area (Å²) < 4.78 is 15.1. The molecule has 0 aliphatic carbocycles. The van der Waals surface area contributed by atoms with Crippen LogP contribution in [0, 0.1) is 5.82 Å². The molecular weight excluding hydrogens is 427 g/mol. The Kier molecular flexibility index (Phi) is 6.72. The van der Waals surface area contributed by atoms with Crippen molar-refractivity contribution in [3.05, 3.63) is 94.6 Å². The van der Waals surface area contributed by atoms with Crippen molar-refractivity contribution in [3.8, 4) is 16.9 Å². The van der Waals surface area contributed by atoms with Gasteiger partial charge in [-0.1, -0.05) is 24.3 Å². The Balaban J connectivity index is 1.42. The Morgan fingerprint density at radius 2 is 1.75 bits per heavy atom. The maximum atomic E-state index is 13.4. The van der Waals surface area contributed by atoms with Crippen LogP contribution in [-0.4, -0.2) is 28.1 Å². The lowest BCUT2D eigenvalue weighted by molar-refractivity contribution is -0.121. The second kappa shape index (κ2) is 10.0. The largest absolute Gasteiger partial charge is 0.352 e. The number of hydrogen-bond donors (Lipinski definition) is 2. The summed E-state index contributed by atoms with van der Waals surface area (Å²) in [5.74, 6) is -0.694. The van der Waals surface area contributed by atoms with Crippen LogP contribution in [0.1, 0.15) is 21.7 Å². The molecule has 162 valence electrons. The van der Waals surface area contributed by atoms with Gasteiger partial charge in [0.05, 0.1) is 16.3 Å². The van der Waals surface area contributed by atoms with Crippen molar-refractivity contribution >= 4 is 23.2 Å². The summed E-state index contributed by atoms with van der Waals surface area (Å²) in [5, 5.41) is 12.1. The maximum absolute atomic E-state index is 13.4. The summed E-state index contributed by atoms with van der Waals surface area (Å²) in [6, 6.07) is 19.3. The van der Waals surface area contributed by atoms with E-state index in [-0.39, 0.29) is 37.1 Å². The van der Waals surface area contributed by atoms with Gasteiger partial charge in [-0.2, -0.15) is 5.10 Å². The van der Waals surface area contributed by atoms with Gasteiger partial charge in [0.15, 0.2) is 0 Å². The minimum atomic E-state index is -0.323. The number of hydrogen-bond acceptors (Lipinski definition) is 4. The first-order chi connectivity index (χ1) is 15.6. The highest BCUT2D eigenvalue weighted by Crippen LogP contribution is 2.24. The molecule has 0 saturated heterocycles. The van der Waals surface area contributed by atoms with Gasteiger partial charge in [-0.15, -0.1) is 11.3 Å². The van der Waals surface area contributed by atoms with E-state index >= 15 is 0 Å². The van der Waals surface area contributed by atoms with Gasteiger partial charge in [-0.3, -0.25) is 9.59 Å². The molecule has 2 heterocycles. The quantitative estimate of drug-likeness (QED) is 0.425. The highest BCUT2D eigenvalue weighted by Gasteiger charge is 2.14. The molecule has 0 unspecified atom stereocenters. The minimum absolute atomic E-state index is 0.163. The predicted molar refractivity (Wildman–Crippen MR) is 122 cm³/mol. The van der Waals surface area contributed by atoms with Crippen LogP contribution in [0.4, 0.5) is 4.39 Å². The van der Waals surface area contributed by atoms with E-state index < -0.39 is 0 Å². The fourth-order valence-electron chi connectivity index (χ4n) is 3.17. The van der Waals surface area contributed by atoms with Crippen molar-refractivity contribution in [2.24, 2.45) is 0 Å². The van der Waals surface area contributed by atoms with Gasteiger partial charge in [0.1, 0.15) is 5.82 Å². The van der Waals surface area contributed by atoms with Crippen molar-refractivity contribution < 1.29 is 14.0 Å². The number of nitrogens with zero attached hydrogens (tertiary/aromatic N) is 2. The molecule has 2 aromatic heterocycles. The van der Waals surface area contributed by atoms with Gasteiger partial charge in [-0.25, -0.2) is 9.07 Å². The number of halogens is 1. The van der Waals surface area contributed by atoms with Gasteiger partial charge in [0.2, 0.25) is 5.91 Å². The molecular formula is C24H21FN4O2S. The van der Waals surface area contributed by atoms with E-state index in [1.54, 1.807) is 28.9 Å². The number of carbonyl (C=O) groups is 2. The molecule has 2 N–H and O–H groups in total. The van der Waals surface area contributed by atoms with E-state index in [4.69, 9.17) is 0 Å². The van der Waals surface area contributed by atoms with Crippen LogP contribution in [0.15, 0.2) is 78.3 Å². The van der Waals surface area contributed by atoms with Crippen molar-refractivity contribution in [2.75, 3.05) is 6.54 Å². The number of thiophene rings is 1. The van der Waals surface area contributed by atoms with E-state index in [1.165, 1.54) is 23.5 Å². The van der Waals surface area contributed by atoms with E-state index in [2.05, 4.69) is 15.7 Å². The number of carbonyl (C=O) groups excluding carboxylic acids is 2. The van der Waals surface area contributed by atoms with Crippen molar-refractivity contribution in [1.29, 1.82) is 0 Å². The molecule has 0 aliphatic heterocycles. The van der Waals surface area contributed by atoms with Crippen LogP contribution in [-0.2, 0) is 11.3 Å². The lowest BCUT2D eigenvalue weighted by Crippen LogP contribution is -2.30. The van der Waals surface area contributed by atoms with Crippen LogP contribution < -0.4 is 10.6 Å². The molecule has 0 aliphatic rings. The monoisotopic (exact) mass is 448 g/mol. The Bertz CT molecular complexity index is 1190. The Labute approximate surface area is 188 Å². The lowest BCUT2D eigenvalue weighted by Gasteiger charge is -2.07. The SMILES string of the molecule is O=C(CCNC(=O)c1cccs1)NCc1cn(-c2ccccc2)nc1-c1ccc(F)cc1. The summed E-state index contributed by atoms with van der Waals surface area (Å²) >= 11 is 1.35. The fourth-order valence-corrected chi connectivity index (χ4v) is 3.81. The van der Waals surface area contributed by atoms with E-state index in [9.17, 15) is 14.0 Å². The average molecular weight is 449 g/mol. The summed E-state index contributed by atoms with van der Waals surface area (Å²) in [4.78, 5) is 24.9. The second-order valence-electron chi connectivity index (χ2n) is 7.05. The topological polar surface area (TPSA) is 76.0 Å². The van der Waals surface area contributed by atoms with Gasteiger partial charge in [0, 0.05) is 36.8 Å². The molecule has 0 bridgehead atoms. The average Bonchev–Trinajstić information content (AvgIpc) is 3.49. The number of amides is 2. The second-order valence-corrected chi connectivity index (χ2v) is 8.00.